The first-order chi connectivity index (χ1) is 9.38. The van der Waals surface area contributed by atoms with E-state index in [0.29, 0.717) is 0 Å². The van der Waals surface area contributed by atoms with Crippen LogP contribution >= 0.6 is 0 Å². The van der Waals surface area contributed by atoms with Crippen molar-refractivity contribution in [3.05, 3.63) is 36.2 Å². The predicted octanol–water partition coefficient (Wildman–Crippen LogP) is 5.78. The van der Waals surface area contributed by atoms with Gasteiger partial charge in [0, 0.05) is 0 Å². The molecule has 1 rings (SSSR count). The maximum Gasteiger partial charge on any atom is 0.122 e. The maximum absolute atomic E-state index is 5.91. The average Bonchev–Trinajstić information content (AvgIpc) is 2.45. The molecule has 0 N–H and O–H groups in total. The molecular weight excluding hydrogens is 232 g/mol. The highest BCUT2D eigenvalue weighted by Crippen LogP contribution is 2.22. The van der Waals surface area contributed by atoms with Crippen LogP contribution in [0.25, 0.3) is 0 Å². The van der Waals surface area contributed by atoms with E-state index in [4.69, 9.17) is 4.74 Å². The topological polar surface area (TPSA) is 9.23 Å². The van der Waals surface area contributed by atoms with Crippen LogP contribution < -0.4 is 4.74 Å². The molecule has 1 aromatic rings. The van der Waals surface area contributed by atoms with Gasteiger partial charge in [-0.15, -0.1) is 0 Å². The second-order valence-electron chi connectivity index (χ2n) is 5.15. The maximum atomic E-state index is 5.91. The zero-order valence-electron chi connectivity index (χ0n) is 12.7. The molecule has 0 saturated carbocycles. The van der Waals surface area contributed by atoms with Crippen molar-refractivity contribution in [2.45, 2.75) is 65.2 Å². The number of benzene rings is 1. The summed E-state index contributed by atoms with van der Waals surface area (Å²) in [6.45, 7) is 5.33. The van der Waals surface area contributed by atoms with Crippen LogP contribution in [-0.2, 0) is 0 Å². The van der Waals surface area contributed by atoms with Crippen LogP contribution in [0.3, 0.4) is 0 Å². The van der Waals surface area contributed by atoms with Crippen molar-refractivity contribution >= 4 is 0 Å². The van der Waals surface area contributed by atoms with Crippen molar-refractivity contribution in [3.63, 3.8) is 0 Å². The Labute approximate surface area is 119 Å². The standard InChI is InChI=1S/C18H29O/c1-3-5-7-9-13-17-14-10-11-15-18(17)19-16-12-8-6-4-2/h10-11,13-15H,3-9,12,16H2,1-2H3. The summed E-state index contributed by atoms with van der Waals surface area (Å²) in [5.74, 6) is 1.05. The van der Waals surface area contributed by atoms with E-state index in [0.717, 1.165) is 25.2 Å². The van der Waals surface area contributed by atoms with E-state index in [1.54, 1.807) is 0 Å². The lowest BCUT2D eigenvalue weighted by molar-refractivity contribution is 0.303. The Bertz CT molecular complexity index is 319. The van der Waals surface area contributed by atoms with E-state index in [2.05, 4.69) is 44.5 Å². The molecule has 0 aliphatic heterocycles. The molecule has 0 amide bonds. The average molecular weight is 261 g/mol. The lowest BCUT2D eigenvalue weighted by Crippen LogP contribution is -1.99. The molecule has 1 radical (unpaired) electrons. The third kappa shape index (κ3) is 7.25. The number of hydrogen-bond acceptors (Lipinski definition) is 1. The van der Waals surface area contributed by atoms with Gasteiger partial charge in [-0.25, -0.2) is 0 Å². The van der Waals surface area contributed by atoms with Gasteiger partial charge in [-0.3, -0.25) is 0 Å². The summed E-state index contributed by atoms with van der Waals surface area (Å²) in [5, 5.41) is 0. The van der Waals surface area contributed by atoms with Crippen molar-refractivity contribution in [1.29, 1.82) is 0 Å². The fourth-order valence-electron chi connectivity index (χ4n) is 2.14. The summed E-state index contributed by atoms with van der Waals surface area (Å²) in [6, 6.07) is 8.40. The van der Waals surface area contributed by atoms with E-state index in [1.807, 2.05) is 0 Å². The Balaban J connectivity index is 2.31. The Morgan fingerprint density at radius 2 is 1.63 bits per heavy atom. The summed E-state index contributed by atoms with van der Waals surface area (Å²) in [5.41, 5.74) is 1.26. The van der Waals surface area contributed by atoms with Gasteiger partial charge in [0.2, 0.25) is 0 Å². The predicted molar refractivity (Wildman–Crippen MR) is 83.6 cm³/mol. The molecular formula is C18H29O. The molecule has 0 atom stereocenters. The summed E-state index contributed by atoms with van der Waals surface area (Å²) in [7, 11) is 0. The lowest BCUT2D eigenvalue weighted by atomic mass is 10.1. The molecule has 1 aromatic carbocycles. The Hall–Kier alpha value is -0.980. The van der Waals surface area contributed by atoms with Gasteiger partial charge in [-0.2, -0.15) is 0 Å². The molecule has 0 fully saturated rings. The lowest BCUT2D eigenvalue weighted by Gasteiger charge is -2.11. The summed E-state index contributed by atoms with van der Waals surface area (Å²) in [6.07, 6.45) is 12.4. The molecule has 0 aromatic heterocycles. The Kier molecular flexibility index (Phi) is 9.22. The highest BCUT2D eigenvalue weighted by atomic mass is 16.5. The fourth-order valence-corrected chi connectivity index (χ4v) is 2.14. The molecule has 1 heteroatoms. The minimum absolute atomic E-state index is 0.847. The number of hydrogen-bond donors (Lipinski definition) is 0. The normalized spacial score (nSPS) is 10.6. The summed E-state index contributed by atoms with van der Waals surface area (Å²) in [4.78, 5) is 0. The van der Waals surface area contributed by atoms with Crippen molar-refractivity contribution in [2.24, 2.45) is 0 Å². The number of para-hydroxylation sites is 1. The second kappa shape index (κ2) is 10.9. The zero-order valence-corrected chi connectivity index (χ0v) is 12.7. The van der Waals surface area contributed by atoms with E-state index < -0.39 is 0 Å². The molecule has 0 bridgehead atoms. The number of unbranched alkanes of at least 4 members (excludes halogenated alkanes) is 6. The van der Waals surface area contributed by atoms with Crippen LogP contribution in [0.4, 0.5) is 0 Å². The van der Waals surface area contributed by atoms with Gasteiger partial charge < -0.3 is 4.74 Å². The minimum atomic E-state index is 0.847. The van der Waals surface area contributed by atoms with Crippen molar-refractivity contribution < 1.29 is 4.74 Å². The highest BCUT2D eigenvalue weighted by molar-refractivity contribution is 5.38. The molecule has 1 nitrogen and oxygen atoms in total. The minimum Gasteiger partial charge on any atom is -0.493 e. The summed E-state index contributed by atoms with van der Waals surface area (Å²) >= 11 is 0. The first-order valence-electron chi connectivity index (χ1n) is 7.93. The van der Waals surface area contributed by atoms with Gasteiger partial charge >= 0.3 is 0 Å². The third-order valence-electron chi connectivity index (χ3n) is 3.35. The van der Waals surface area contributed by atoms with Crippen LogP contribution in [-0.4, -0.2) is 6.61 Å². The zero-order chi connectivity index (χ0) is 13.8. The Morgan fingerprint density at radius 3 is 2.42 bits per heavy atom. The van der Waals surface area contributed by atoms with Crippen molar-refractivity contribution in [1.82, 2.24) is 0 Å². The van der Waals surface area contributed by atoms with Gasteiger partial charge in [0.15, 0.2) is 0 Å². The second-order valence-corrected chi connectivity index (χ2v) is 5.15. The van der Waals surface area contributed by atoms with Crippen LogP contribution in [0.2, 0.25) is 0 Å². The van der Waals surface area contributed by atoms with Crippen LogP contribution in [0.15, 0.2) is 24.3 Å². The molecule has 0 heterocycles. The molecule has 0 spiro atoms. The van der Waals surface area contributed by atoms with E-state index >= 15 is 0 Å². The molecule has 19 heavy (non-hydrogen) atoms. The van der Waals surface area contributed by atoms with Gasteiger partial charge in [0.25, 0.3) is 0 Å². The highest BCUT2D eigenvalue weighted by Gasteiger charge is 2.02. The molecule has 0 aliphatic carbocycles. The number of ether oxygens (including phenoxy) is 1. The van der Waals surface area contributed by atoms with Gasteiger partial charge in [-0.1, -0.05) is 70.6 Å². The largest absolute Gasteiger partial charge is 0.493 e. The summed E-state index contributed by atoms with van der Waals surface area (Å²) < 4.78 is 5.91. The SMILES string of the molecule is CCCCC[CH]c1ccccc1OCCCCCC. The van der Waals surface area contributed by atoms with E-state index in [-0.39, 0.29) is 0 Å². The first-order valence-corrected chi connectivity index (χ1v) is 7.93. The molecule has 0 aliphatic rings. The van der Waals surface area contributed by atoms with Gasteiger partial charge in [0.05, 0.1) is 6.61 Å². The van der Waals surface area contributed by atoms with E-state index in [9.17, 15) is 0 Å². The van der Waals surface area contributed by atoms with Crippen molar-refractivity contribution in [2.75, 3.05) is 6.61 Å². The monoisotopic (exact) mass is 261 g/mol. The Morgan fingerprint density at radius 1 is 0.895 bits per heavy atom. The van der Waals surface area contributed by atoms with Crippen LogP contribution in [0.1, 0.15) is 70.8 Å². The van der Waals surface area contributed by atoms with E-state index in [1.165, 1.54) is 44.1 Å². The first kappa shape index (κ1) is 16.1. The fraction of sp³-hybridized carbons (Fsp3) is 0.611. The van der Waals surface area contributed by atoms with Crippen molar-refractivity contribution in [3.8, 4) is 5.75 Å². The quantitative estimate of drug-likeness (QED) is 0.459. The van der Waals surface area contributed by atoms with Crippen LogP contribution in [0, 0.1) is 6.42 Å². The molecule has 0 saturated heterocycles. The van der Waals surface area contributed by atoms with Gasteiger partial charge in [0.1, 0.15) is 5.75 Å². The smallest absolute Gasteiger partial charge is 0.122 e. The molecule has 107 valence electrons. The third-order valence-corrected chi connectivity index (χ3v) is 3.35. The van der Waals surface area contributed by atoms with Gasteiger partial charge in [-0.05, 0) is 30.9 Å². The van der Waals surface area contributed by atoms with Crippen LogP contribution in [0.5, 0.6) is 5.75 Å². The molecule has 0 unspecified atom stereocenters. The number of rotatable bonds is 11.